The minimum Gasteiger partial charge on any atom is -0.507 e. The molecule has 1 heterocycles. The van der Waals surface area contributed by atoms with Gasteiger partial charge >= 0.3 is 0 Å². The summed E-state index contributed by atoms with van der Waals surface area (Å²) in [5.41, 5.74) is 3.44. The molecule has 1 saturated heterocycles. The number of carbonyl (C=O) groups excluding carboxylic acids is 2. The molecule has 3 aromatic rings. The number of Topliss-reactive ketones (excluding diaryl/α,β-unsaturated/α-hetero) is 1. The molecule has 0 spiro atoms. The summed E-state index contributed by atoms with van der Waals surface area (Å²) in [4.78, 5) is 27.4. The van der Waals surface area contributed by atoms with Crippen LogP contribution in [0.2, 0.25) is 0 Å². The van der Waals surface area contributed by atoms with E-state index in [0.29, 0.717) is 5.56 Å². The van der Waals surface area contributed by atoms with Crippen LogP contribution in [0.4, 0.5) is 0 Å². The molecule has 4 rings (SSSR count). The van der Waals surface area contributed by atoms with Gasteiger partial charge in [0.25, 0.3) is 11.7 Å². The molecule has 4 nitrogen and oxygen atoms in total. The summed E-state index contributed by atoms with van der Waals surface area (Å²) in [5, 5.41) is 11.0. The average Bonchev–Trinajstić information content (AvgIpc) is 3.00. The van der Waals surface area contributed by atoms with Crippen molar-refractivity contribution in [2.24, 2.45) is 0 Å². The number of likely N-dealkylation sites (tertiary alicyclic amines) is 1. The minimum absolute atomic E-state index is 0.126. The first kappa shape index (κ1) is 18.7. The van der Waals surface area contributed by atoms with E-state index >= 15 is 0 Å². The third kappa shape index (κ3) is 3.57. The van der Waals surface area contributed by atoms with Crippen molar-refractivity contribution in [3.05, 3.63) is 113 Å². The largest absolute Gasteiger partial charge is 0.507 e. The third-order valence-electron chi connectivity index (χ3n) is 5.18. The van der Waals surface area contributed by atoms with Gasteiger partial charge in [0.15, 0.2) is 0 Å². The zero-order chi connectivity index (χ0) is 20.4. The van der Waals surface area contributed by atoms with Gasteiger partial charge in [-0.2, -0.15) is 0 Å². The van der Waals surface area contributed by atoms with Gasteiger partial charge < -0.3 is 10.0 Å². The Bertz CT molecular complexity index is 1070. The number of amides is 1. The molecule has 1 aliphatic heterocycles. The van der Waals surface area contributed by atoms with E-state index in [1.54, 1.807) is 24.3 Å². The highest BCUT2D eigenvalue weighted by Crippen LogP contribution is 2.40. The Morgan fingerprint density at radius 1 is 0.862 bits per heavy atom. The lowest BCUT2D eigenvalue weighted by molar-refractivity contribution is -0.140. The van der Waals surface area contributed by atoms with Crippen LogP contribution < -0.4 is 0 Å². The van der Waals surface area contributed by atoms with Gasteiger partial charge in [0.2, 0.25) is 0 Å². The van der Waals surface area contributed by atoms with E-state index in [4.69, 9.17) is 0 Å². The van der Waals surface area contributed by atoms with Crippen LogP contribution in [0.3, 0.4) is 0 Å². The Hall–Kier alpha value is -3.66. The van der Waals surface area contributed by atoms with Gasteiger partial charge in [0.1, 0.15) is 5.76 Å². The van der Waals surface area contributed by atoms with E-state index in [9.17, 15) is 14.7 Å². The monoisotopic (exact) mass is 383 g/mol. The van der Waals surface area contributed by atoms with Crippen LogP contribution in [-0.2, 0) is 16.1 Å². The van der Waals surface area contributed by atoms with Gasteiger partial charge in [-0.3, -0.25) is 9.59 Å². The summed E-state index contributed by atoms with van der Waals surface area (Å²) in [6, 6.07) is 25.5. The first-order chi connectivity index (χ1) is 14.1. The number of nitrogens with zero attached hydrogens (tertiary/aromatic N) is 1. The van der Waals surface area contributed by atoms with Crippen LogP contribution in [0, 0.1) is 6.92 Å². The highest BCUT2D eigenvalue weighted by atomic mass is 16.3. The van der Waals surface area contributed by atoms with Crippen LogP contribution in [0.5, 0.6) is 0 Å². The Labute approximate surface area is 169 Å². The maximum Gasteiger partial charge on any atom is 0.295 e. The fourth-order valence-corrected chi connectivity index (χ4v) is 3.67. The Balaban J connectivity index is 1.86. The molecule has 144 valence electrons. The summed E-state index contributed by atoms with van der Waals surface area (Å²) in [7, 11) is 0. The molecule has 0 aromatic heterocycles. The highest BCUT2D eigenvalue weighted by Gasteiger charge is 2.45. The molecule has 0 radical (unpaired) electrons. The molecule has 1 N–H and O–H groups in total. The molecule has 1 fully saturated rings. The number of hydrogen-bond donors (Lipinski definition) is 1. The second-order valence-electron chi connectivity index (χ2n) is 7.19. The van der Waals surface area contributed by atoms with Gasteiger partial charge in [-0.15, -0.1) is 0 Å². The number of ketones is 1. The van der Waals surface area contributed by atoms with Crippen molar-refractivity contribution in [3.8, 4) is 0 Å². The molecule has 0 bridgehead atoms. The second kappa shape index (κ2) is 7.76. The molecule has 29 heavy (non-hydrogen) atoms. The van der Waals surface area contributed by atoms with Crippen molar-refractivity contribution in [3.63, 3.8) is 0 Å². The van der Waals surface area contributed by atoms with Crippen molar-refractivity contribution in [1.82, 2.24) is 4.90 Å². The van der Waals surface area contributed by atoms with E-state index in [1.165, 1.54) is 4.90 Å². The molecule has 0 aliphatic carbocycles. The van der Waals surface area contributed by atoms with Crippen LogP contribution in [-0.4, -0.2) is 21.7 Å². The first-order valence-corrected chi connectivity index (χ1v) is 9.50. The van der Waals surface area contributed by atoms with Crippen molar-refractivity contribution < 1.29 is 14.7 Å². The summed E-state index contributed by atoms with van der Waals surface area (Å²) in [6.07, 6.45) is 0. The van der Waals surface area contributed by atoms with Crippen molar-refractivity contribution in [2.75, 3.05) is 0 Å². The predicted molar refractivity (Wildman–Crippen MR) is 112 cm³/mol. The molecular weight excluding hydrogens is 362 g/mol. The summed E-state index contributed by atoms with van der Waals surface area (Å²) in [6.45, 7) is 2.27. The van der Waals surface area contributed by atoms with E-state index in [0.717, 1.165) is 16.7 Å². The maximum absolute atomic E-state index is 13.0. The quantitative estimate of drug-likeness (QED) is 0.406. The number of aryl methyl sites for hydroxylation is 1. The molecule has 1 atom stereocenters. The molecule has 3 aromatic carbocycles. The molecule has 1 aliphatic rings. The highest BCUT2D eigenvalue weighted by molar-refractivity contribution is 6.46. The van der Waals surface area contributed by atoms with Crippen molar-refractivity contribution >= 4 is 17.4 Å². The van der Waals surface area contributed by atoms with Gasteiger partial charge in [-0.05, 0) is 18.1 Å². The van der Waals surface area contributed by atoms with Crippen LogP contribution in [0.25, 0.3) is 5.76 Å². The van der Waals surface area contributed by atoms with Gasteiger partial charge in [0, 0.05) is 12.1 Å². The average molecular weight is 383 g/mol. The fraction of sp³-hybridized carbons (Fsp3) is 0.120. The lowest BCUT2D eigenvalue weighted by Crippen LogP contribution is -2.29. The van der Waals surface area contributed by atoms with Gasteiger partial charge in [0.05, 0.1) is 11.6 Å². The number of rotatable bonds is 4. The van der Waals surface area contributed by atoms with Gasteiger partial charge in [-0.1, -0.05) is 90.5 Å². The summed E-state index contributed by atoms with van der Waals surface area (Å²) >= 11 is 0. The second-order valence-corrected chi connectivity index (χ2v) is 7.19. The third-order valence-corrected chi connectivity index (χ3v) is 5.18. The van der Waals surface area contributed by atoms with E-state index < -0.39 is 17.7 Å². The van der Waals surface area contributed by atoms with E-state index in [1.807, 2.05) is 67.6 Å². The maximum atomic E-state index is 13.0. The molecule has 0 saturated carbocycles. The Morgan fingerprint density at radius 2 is 1.45 bits per heavy atom. The van der Waals surface area contributed by atoms with E-state index in [2.05, 4.69) is 0 Å². The Kier molecular flexibility index (Phi) is 5.00. The Morgan fingerprint density at radius 3 is 2.07 bits per heavy atom. The predicted octanol–water partition coefficient (Wildman–Crippen LogP) is 4.62. The zero-order valence-electron chi connectivity index (χ0n) is 16.1. The molecular formula is C25H21NO3. The standard InChI is InChI=1S/C25H21NO3/c1-17-12-14-19(15-13-17)22-21(23(27)20-10-6-3-7-11-20)24(28)25(29)26(22)16-18-8-4-2-5-9-18/h2-15,22,27H,16H2,1H3/b23-21+. The fourth-order valence-electron chi connectivity index (χ4n) is 3.67. The van der Waals surface area contributed by atoms with Crippen LogP contribution >= 0.6 is 0 Å². The minimum atomic E-state index is -0.659. The van der Waals surface area contributed by atoms with Crippen molar-refractivity contribution in [1.29, 1.82) is 0 Å². The number of aliphatic hydroxyl groups is 1. The molecule has 4 heteroatoms. The van der Waals surface area contributed by atoms with Crippen molar-refractivity contribution in [2.45, 2.75) is 19.5 Å². The molecule has 1 unspecified atom stereocenters. The number of hydrogen-bond acceptors (Lipinski definition) is 3. The number of carbonyl (C=O) groups is 2. The molecule has 1 amide bonds. The van der Waals surface area contributed by atoms with Crippen LogP contribution in [0.15, 0.2) is 90.5 Å². The topological polar surface area (TPSA) is 57.6 Å². The number of aliphatic hydroxyl groups excluding tert-OH is 1. The number of benzene rings is 3. The van der Waals surface area contributed by atoms with Gasteiger partial charge in [-0.25, -0.2) is 0 Å². The normalized spacial score (nSPS) is 18.2. The first-order valence-electron chi connectivity index (χ1n) is 9.50. The van der Waals surface area contributed by atoms with Crippen LogP contribution in [0.1, 0.15) is 28.3 Å². The summed E-state index contributed by atoms with van der Waals surface area (Å²) < 4.78 is 0. The smallest absolute Gasteiger partial charge is 0.295 e. The SMILES string of the molecule is Cc1ccc(C2/C(=C(\O)c3ccccc3)C(=O)C(=O)N2Cc2ccccc2)cc1. The lowest BCUT2D eigenvalue weighted by atomic mass is 9.94. The van der Waals surface area contributed by atoms with E-state index in [-0.39, 0.29) is 17.9 Å². The lowest BCUT2D eigenvalue weighted by Gasteiger charge is -2.25. The summed E-state index contributed by atoms with van der Waals surface area (Å²) in [5.74, 6) is -1.41. The zero-order valence-corrected chi connectivity index (χ0v) is 16.1.